The average molecular weight is 359 g/mol. The Labute approximate surface area is 116 Å². The van der Waals surface area contributed by atoms with Gasteiger partial charge in [-0.2, -0.15) is 0 Å². The molecule has 6 nitrogen and oxygen atoms in total. The highest BCUT2D eigenvalue weighted by molar-refractivity contribution is 9.10. The Morgan fingerprint density at radius 3 is 2.50 bits per heavy atom. The molecule has 0 aromatic carbocycles. The Kier molecular flexibility index (Phi) is 4.00. The Morgan fingerprint density at radius 1 is 1.39 bits per heavy atom. The molecular weight excluding hydrogens is 350 g/mol. The summed E-state index contributed by atoms with van der Waals surface area (Å²) < 4.78 is 32.5. The number of nitrogens with zero attached hydrogens (tertiary/aromatic N) is 1. The van der Waals surface area contributed by atoms with Gasteiger partial charge in [0.15, 0.2) is 10.4 Å². The molecule has 1 aliphatic rings. The Morgan fingerprint density at radius 2 is 2.00 bits per heavy atom. The molecule has 1 aromatic rings. The number of hydrogen-bond acceptors (Lipinski definition) is 5. The van der Waals surface area contributed by atoms with Crippen LogP contribution in [-0.4, -0.2) is 45.5 Å². The number of furan rings is 1. The fraction of sp³-hybridized carbons (Fsp3) is 0.444. The van der Waals surface area contributed by atoms with Crippen molar-refractivity contribution in [3.05, 3.63) is 16.5 Å². The summed E-state index contributed by atoms with van der Waals surface area (Å²) in [6.07, 6.45) is 0. The topological polar surface area (TPSA) is 76.8 Å². The lowest BCUT2D eigenvalue weighted by molar-refractivity contribution is 0.0282. The molecule has 0 aliphatic carbocycles. The first-order chi connectivity index (χ1) is 8.39. The Bertz CT molecular complexity index is 564. The van der Waals surface area contributed by atoms with Crippen LogP contribution in [-0.2, 0) is 13.8 Å². The van der Waals surface area contributed by atoms with Crippen molar-refractivity contribution in [3.63, 3.8) is 0 Å². The summed E-state index contributed by atoms with van der Waals surface area (Å²) in [5.41, 5.74) is 0. The van der Waals surface area contributed by atoms with Crippen molar-refractivity contribution < 1.29 is 22.4 Å². The fourth-order valence-electron chi connectivity index (χ4n) is 1.55. The summed E-state index contributed by atoms with van der Waals surface area (Å²) in [7, 11) is 1.26. The molecule has 9 heteroatoms. The SMILES string of the molecule is O=C(c1cc(S(=O)(=O)Cl)c(Br)o1)N1CCOCC1. The standard InChI is InChI=1S/C9H9BrClNO5S/c10-8-7(18(11,14)15)5-6(17-8)9(13)12-1-3-16-4-2-12/h5H,1-4H2. The third-order valence-corrected chi connectivity index (χ3v) is 4.61. The third kappa shape index (κ3) is 2.87. The van der Waals surface area contributed by atoms with Crippen LogP contribution in [0, 0.1) is 0 Å². The summed E-state index contributed by atoms with van der Waals surface area (Å²) in [4.78, 5) is 13.3. The molecule has 1 fully saturated rings. The number of rotatable bonds is 2. The minimum absolute atomic E-state index is 0.0667. The first-order valence-electron chi connectivity index (χ1n) is 5.00. The second-order valence-corrected chi connectivity index (χ2v) is 6.85. The quantitative estimate of drug-likeness (QED) is 0.748. The summed E-state index contributed by atoms with van der Waals surface area (Å²) in [6.45, 7) is 1.79. The van der Waals surface area contributed by atoms with Crippen molar-refractivity contribution in [1.82, 2.24) is 4.90 Å². The van der Waals surface area contributed by atoms with Crippen LogP contribution in [0.25, 0.3) is 0 Å². The second-order valence-electron chi connectivity index (χ2n) is 3.59. The number of halogens is 2. The van der Waals surface area contributed by atoms with E-state index < -0.39 is 9.05 Å². The van der Waals surface area contributed by atoms with Crippen LogP contribution >= 0.6 is 26.6 Å². The minimum Gasteiger partial charge on any atom is -0.443 e. The molecule has 1 saturated heterocycles. The number of carbonyl (C=O) groups is 1. The van der Waals surface area contributed by atoms with Crippen molar-refractivity contribution >= 4 is 41.6 Å². The van der Waals surface area contributed by atoms with Gasteiger partial charge in [-0.3, -0.25) is 4.79 Å². The van der Waals surface area contributed by atoms with Crippen molar-refractivity contribution in [3.8, 4) is 0 Å². The normalized spacial score (nSPS) is 16.9. The van der Waals surface area contributed by atoms with Gasteiger partial charge in [0.1, 0.15) is 4.90 Å². The number of morpholine rings is 1. The van der Waals surface area contributed by atoms with Gasteiger partial charge in [-0.05, 0) is 15.9 Å². The molecule has 0 atom stereocenters. The predicted octanol–water partition coefficient (Wildman–Crippen LogP) is 1.44. The average Bonchev–Trinajstić information content (AvgIpc) is 2.71. The van der Waals surface area contributed by atoms with E-state index in [0.29, 0.717) is 26.3 Å². The zero-order chi connectivity index (χ0) is 13.3. The molecule has 0 spiro atoms. The molecule has 0 N–H and O–H groups in total. The van der Waals surface area contributed by atoms with Crippen LogP contribution in [0.2, 0.25) is 0 Å². The minimum atomic E-state index is -3.94. The lowest BCUT2D eigenvalue weighted by atomic mass is 10.3. The molecule has 2 heterocycles. The van der Waals surface area contributed by atoms with Crippen LogP contribution in [0.1, 0.15) is 10.6 Å². The van der Waals surface area contributed by atoms with E-state index in [4.69, 9.17) is 19.8 Å². The van der Waals surface area contributed by atoms with Crippen LogP contribution in [0.3, 0.4) is 0 Å². The summed E-state index contributed by atoms with van der Waals surface area (Å²) in [5.74, 6) is -0.450. The van der Waals surface area contributed by atoms with Crippen LogP contribution in [0.15, 0.2) is 20.0 Å². The van der Waals surface area contributed by atoms with Crippen molar-refractivity contribution in [2.75, 3.05) is 26.3 Å². The fourth-order valence-corrected chi connectivity index (χ4v) is 3.58. The van der Waals surface area contributed by atoms with E-state index >= 15 is 0 Å². The summed E-state index contributed by atoms with van der Waals surface area (Å²) in [5, 5.41) is 0. The van der Waals surface area contributed by atoms with Gasteiger partial charge in [0.2, 0.25) is 0 Å². The largest absolute Gasteiger partial charge is 0.443 e. The zero-order valence-electron chi connectivity index (χ0n) is 9.06. The van der Waals surface area contributed by atoms with Crippen molar-refractivity contribution in [2.24, 2.45) is 0 Å². The van der Waals surface area contributed by atoms with Gasteiger partial charge in [0.25, 0.3) is 15.0 Å². The second kappa shape index (κ2) is 5.20. The molecule has 1 amide bonds. The van der Waals surface area contributed by atoms with Gasteiger partial charge in [-0.1, -0.05) is 0 Å². The molecule has 0 unspecified atom stereocenters. The highest BCUT2D eigenvalue weighted by Gasteiger charge is 2.26. The zero-order valence-corrected chi connectivity index (χ0v) is 12.2. The van der Waals surface area contributed by atoms with Gasteiger partial charge in [-0.25, -0.2) is 8.42 Å². The highest BCUT2D eigenvalue weighted by atomic mass is 79.9. The summed E-state index contributed by atoms with van der Waals surface area (Å²) in [6, 6.07) is 1.12. The number of hydrogen-bond donors (Lipinski definition) is 0. The molecule has 1 aromatic heterocycles. The van der Waals surface area contributed by atoms with Crippen molar-refractivity contribution in [2.45, 2.75) is 4.90 Å². The first-order valence-corrected chi connectivity index (χ1v) is 8.11. The van der Waals surface area contributed by atoms with E-state index in [1.807, 2.05) is 0 Å². The predicted molar refractivity (Wildman–Crippen MR) is 66.2 cm³/mol. The van der Waals surface area contributed by atoms with Crippen LogP contribution < -0.4 is 0 Å². The number of carbonyl (C=O) groups excluding carboxylic acids is 1. The van der Waals surface area contributed by atoms with Gasteiger partial charge in [-0.15, -0.1) is 0 Å². The molecule has 0 saturated carbocycles. The van der Waals surface area contributed by atoms with E-state index in [0.717, 1.165) is 6.07 Å². The Balaban J connectivity index is 2.26. The Hall–Kier alpha value is -0.570. The first kappa shape index (κ1) is 13.9. The molecular formula is C9H9BrClNO5S. The lowest BCUT2D eigenvalue weighted by Gasteiger charge is -2.25. The lowest BCUT2D eigenvalue weighted by Crippen LogP contribution is -2.40. The molecule has 100 valence electrons. The van der Waals surface area contributed by atoms with Gasteiger partial charge in [0.05, 0.1) is 13.2 Å². The van der Waals surface area contributed by atoms with Crippen molar-refractivity contribution in [1.29, 1.82) is 0 Å². The summed E-state index contributed by atoms with van der Waals surface area (Å²) >= 11 is 2.92. The molecule has 18 heavy (non-hydrogen) atoms. The third-order valence-electron chi connectivity index (χ3n) is 2.43. The van der Waals surface area contributed by atoms with Crippen LogP contribution in [0.5, 0.6) is 0 Å². The van der Waals surface area contributed by atoms with Gasteiger partial charge < -0.3 is 14.1 Å². The molecule has 0 radical (unpaired) electrons. The molecule has 2 rings (SSSR count). The highest BCUT2D eigenvalue weighted by Crippen LogP contribution is 2.29. The molecule has 1 aliphatic heterocycles. The van der Waals surface area contributed by atoms with E-state index in [1.54, 1.807) is 0 Å². The van der Waals surface area contributed by atoms with E-state index in [1.165, 1.54) is 4.90 Å². The maximum absolute atomic E-state index is 12.0. The van der Waals surface area contributed by atoms with Gasteiger partial charge >= 0.3 is 0 Å². The van der Waals surface area contributed by atoms with E-state index in [9.17, 15) is 13.2 Å². The van der Waals surface area contributed by atoms with Gasteiger partial charge in [0, 0.05) is 29.8 Å². The van der Waals surface area contributed by atoms with Crippen LogP contribution in [0.4, 0.5) is 0 Å². The number of ether oxygens (including phenoxy) is 1. The smallest absolute Gasteiger partial charge is 0.289 e. The maximum Gasteiger partial charge on any atom is 0.289 e. The monoisotopic (exact) mass is 357 g/mol. The number of amides is 1. The van der Waals surface area contributed by atoms with E-state index in [2.05, 4.69) is 15.9 Å². The maximum atomic E-state index is 12.0. The molecule has 0 bridgehead atoms. The van der Waals surface area contributed by atoms with E-state index in [-0.39, 0.29) is 21.2 Å².